The van der Waals surface area contributed by atoms with Crippen LogP contribution in [-0.2, 0) is 4.79 Å². The highest BCUT2D eigenvalue weighted by Gasteiger charge is 2.17. The Labute approximate surface area is 366 Å². The minimum atomic E-state index is -0.885. The van der Waals surface area contributed by atoms with Crippen LogP contribution in [0.25, 0.3) is 0 Å². The monoisotopic (exact) mass is 816 g/mol. The van der Waals surface area contributed by atoms with E-state index in [9.17, 15) is 15.0 Å². The molecule has 0 aliphatic heterocycles. The van der Waals surface area contributed by atoms with Crippen molar-refractivity contribution in [2.24, 2.45) is 0 Å². The molecule has 0 spiro atoms. The van der Waals surface area contributed by atoms with E-state index >= 15 is 0 Å². The molecule has 336 valence electrons. The van der Waals surface area contributed by atoms with Gasteiger partial charge in [0.2, 0.25) is 5.91 Å². The Morgan fingerprint density at radius 3 is 1.19 bits per heavy atom. The molecule has 0 aromatic heterocycles. The zero-order valence-electron chi connectivity index (χ0n) is 38.5. The van der Waals surface area contributed by atoms with E-state index in [1.165, 1.54) is 103 Å². The van der Waals surface area contributed by atoms with Crippen molar-refractivity contribution in [3.05, 3.63) is 109 Å². The largest absolute Gasteiger partial charge is 0.394 e. The van der Waals surface area contributed by atoms with Crippen molar-refractivity contribution in [2.75, 3.05) is 6.61 Å². The third-order valence-corrected chi connectivity index (χ3v) is 10.5. The van der Waals surface area contributed by atoms with E-state index in [1.807, 2.05) is 6.08 Å². The first-order valence-electron chi connectivity index (χ1n) is 24.6. The average molecular weight is 816 g/mol. The number of hydrogen-bond donors (Lipinski definition) is 3. The molecule has 3 N–H and O–H groups in total. The fourth-order valence-corrected chi connectivity index (χ4v) is 6.74. The van der Waals surface area contributed by atoms with Gasteiger partial charge < -0.3 is 15.5 Å². The lowest BCUT2D eigenvalue weighted by Crippen LogP contribution is -2.45. The normalized spacial score (nSPS) is 13.9. The van der Waals surface area contributed by atoms with Crippen LogP contribution in [-0.4, -0.2) is 34.9 Å². The van der Waals surface area contributed by atoms with Crippen molar-refractivity contribution in [3.63, 3.8) is 0 Å². The van der Waals surface area contributed by atoms with Crippen molar-refractivity contribution in [2.45, 2.75) is 225 Å². The number of carbonyl (C=O) groups is 1. The topological polar surface area (TPSA) is 69.6 Å². The number of unbranched alkanes of at least 4 members (excludes halogenated alkanes) is 20. The number of rotatable bonds is 43. The molecule has 0 bridgehead atoms. The second-order valence-corrected chi connectivity index (χ2v) is 16.1. The van der Waals surface area contributed by atoms with Gasteiger partial charge in [-0.25, -0.2) is 0 Å². The van der Waals surface area contributed by atoms with Crippen molar-refractivity contribution in [1.82, 2.24) is 5.32 Å². The van der Waals surface area contributed by atoms with Crippen LogP contribution in [0.3, 0.4) is 0 Å². The van der Waals surface area contributed by atoms with Gasteiger partial charge in [0.1, 0.15) is 0 Å². The summed E-state index contributed by atoms with van der Waals surface area (Å²) in [5.74, 6) is -0.0970. The minimum absolute atomic E-state index is 0.0970. The quantitative estimate of drug-likeness (QED) is 0.0424. The highest BCUT2D eigenvalue weighted by molar-refractivity contribution is 5.76. The lowest BCUT2D eigenvalue weighted by Gasteiger charge is -2.19. The molecule has 0 rings (SSSR count). The number of nitrogens with one attached hydrogen (secondary N) is 1. The molecule has 0 fully saturated rings. The summed E-state index contributed by atoms with van der Waals surface area (Å²) in [6, 6.07) is -0.662. The van der Waals surface area contributed by atoms with E-state index in [4.69, 9.17) is 0 Å². The standard InChI is InChI=1S/C55H93NO3/c1-3-5-7-9-11-13-15-17-19-21-23-25-27-28-29-31-33-35-37-39-41-43-45-47-49-51-55(59)56-53(52-57)54(58)50-48-46-44-42-40-38-36-34-32-30-26-24-22-20-18-16-14-12-10-8-6-4-2/h5,7,11,13,17,19,23,25,28-29,32-35,40,42,48,50,53-54,57-58H,3-4,6,8-10,12,14-16,18,20-22,24,26-27,30-31,36-39,41,43-47,49,51-52H2,1-2H3,(H,56,59)/b7-5-,13-11-,19-17-,25-23-,29-28-,34-32+,35-33-,42-40+,50-48+. The van der Waals surface area contributed by atoms with E-state index in [1.54, 1.807) is 6.08 Å². The van der Waals surface area contributed by atoms with E-state index in [0.717, 1.165) is 89.9 Å². The van der Waals surface area contributed by atoms with Gasteiger partial charge in [-0.15, -0.1) is 0 Å². The molecule has 1 amide bonds. The van der Waals surface area contributed by atoms with Crippen molar-refractivity contribution >= 4 is 5.91 Å². The lowest BCUT2D eigenvalue weighted by molar-refractivity contribution is -0.123. The summed E-state index contributed by atoms with van der Waals surface area (Å²) in [6.07, 6.45) is 74.9. The van der Waals surface area contributed by atoms with Crippen LogP contribution >= 0.6 is 0 Å². The molecule has 0 heterocycles. The number of aliphatic hydroxyl groups excluding tert-OH is 2. The molecule has 2 atom stereocenters. The molecule has 4 nitrogen and oxygen atoms in total. The van der Waals surface area contributed by atoms with E-state index in [-0.39, 0.29) is 12.5 Å². The Morgan fingerprint density at radius 1 is 0.424 bits per heavy atom. The molecule has 0 aromatic rings. The Hall–Kier alpha value is -2.95. The predicted octanol–water partition coefficient (Wildman–Crippen LogP) is 16.0. The first kappa shape index (κ1) is 56.1. The van der Waals surface area contributed by atoms with Crippen LogP contribution in [0.2, 0.25) is 0 Å². The Balaban J connectivity index is 3.70. The van der Waals surface area contributed by atoms with Crippen molar-refractivity contribution in [3.8, 4) is 0 Å². The maximum atomic E-state index is 12.4. The molecule has 4 heteroatoms. The van der Waals surface area contributed by atoms with Crippen LogP contribution < -0.4 is 5.32 Å². The van der Waals surface area contributed by atoms with Crippen LogP contribution in [0.15, 0.2) is 109 Å². The number of hydrogen-bond acceptors (Lipinski definition) is 3. The zero-order chi connectivity index (χ0) is 42.8. The Kier molecular flexibility index (Phi) is 46.9. The SMILES string of the molecule is CC/C=C\C/C=C\C/C=C\C/C=C\C/C=C\C/C=C\CCCCCCCCC(=O)NC(CO)C(O)/C=C/CC/C=C/CC/C=C/CCCCCCCCCCCCCC. The molecule has 0 aliphatic rings. The number of carbonyl (C=O) groups excluding carboxylic acids is 1. The first-order valence-corrected chi connectivity index (χ1v) is 24.6. The van der Waals surface area contributed by atoms with Crippen molar-refractivity contribution < 1.29 is 15.0 Å². The van der Waals surface area contributed by atoms with Gasteiger partial charge in [0.05, 0.1) is 18.8 Å². The maximum absolute atomic E-state index is 12.4. The molecule has 0 aromatic carbocycles. The minimum Gasteiger partial charge on any atom is -0.394 e. The molecule has 0 aliphatic carbocycles. The van der Waals surface area contributed by atoms with Gasteiger partial charge in [-0.1, -0.05) is 220 Å². The summed E-state index contributed by atoms with van der Waals surface area (Å²) < 4.78 is 0. The van der Waals surface area contributed by atoms with Crippen LogP contribution in [0.1, 0.15) is 213 Å². The number of amides is 1. The van der Waals surface area contributed by atoms with E-state index < -0.39 is 12.1 Å². The summed E-state index contributed by atoms with van der Waals surface area (Å²) in [5, 5.41) is 23.1. The number of aliphatic hydroxyl groups is 2. The summed E-state index contributed by atoms with van der Waals surface area (Å²) in [6.45, 7) is 4.17. The molecular formula is C55H93NO3. The summed E-state index contributed by atoms with van der Waals surface area (Å²) in [7, 11) is 0. The van der Waals surface area contributed by atoms with Gasteiger partial charge in [-0.05, 0) is 96.3 Å². The molecule has 2 unspecified atom stereocenters. The van der Waals surface area contributed by atoms with Gasteiger partial charge in [-0.2, -0.15) is 0 Å². The number of allylic oxidation sites excluding steroid dienone is 17. The van der Waals surface area contributed by atoms with E-state index in [2.05, 4.69) is 116 Å². The molecule has 0 radical (unpaired) electrons. The second-order valence-electron chi connectivity index (χ2n) is 16.1. The third-order valence-electron chi connectivity index (χ3n) is 10.5. The maximum Gasteiger partial charge on any atom is 0.220 e. The Morgan fingerprint density at radius 2 is 0.763 bits per heavy atom. The zero-order valence-corrected chi connectivity index (χ0v) is 38.5. The molecule has 59 heavy (non-hydrogen) atoms. The highest BCUT2D eigenvalue weighted by atomic mass is 16.3. The smallest absolute Gasteiger partial charge is 0.220 e. The van der Waals surface area contributed by atoms with Gasteiger partial charge >= 0.3 is 0 Å². The Bertz CT molecular complexity index is 1150. The molecule has 0 saturated heterocycles. The van der Waals surface area contributed by atoms with Crippen LogP contribution in [0, 0.1) is 0 Å². The summed E-state index contributed by atoms with van der Waals surface area (Å²) in [4.78, 5) is 12.4. The van der Waals surface area contributed by atoms with Crippen molar-refractivity contribution in [1.29, 1.82) is 0 Å². The van der Waals surface area contributed by atoms with Gasteiger partial charge in [0, 0.05) is 6.42 Å². The summed E-state index contributed by atoms with van der Waals surface area (Å²) >= 11 is 0. The van der Waals surface area contributed by atoms with E-state index in [0.29, 0.717) is 6.42 Å². The predicted molar refractivity (Wildman–Crippen MR) is 262 cm³/mol. The first-order chi connectivity index (χ1) is 29.2. The average Bonchev–Trinajstić information content (AvgIpc) is 3.24. The fraction of sp³-hybridized carbons (Fsp3) is 0.655. The molecular weight excluding hydrogens is 723 g/mol. The van der Waals surface area contributed by atoms with Crippen LogP contribution in [0.4, 0.5) is 0 Å². The lowest BCUT2D eigenvalue weighted by atomic mass is 10.0. The summed E-state index contributed by atoms with van der Waals surface area (Å²) in [5.41, 5.74) is 0. The van der Waals surface area contributed by atoms with Crippen LogP contribution in [0.5, 0.6) is 0 Å². The van der Waals surface area contributed by atoms with Gasteiger partial charge in [0.25, 0.3) is 0 Å². The van der Waals surface area contributed by atoms with Gasteiger partial charge in [-0.3, -0.25) is 4.79 Å². The second kappa shape index (κ2) is 49.4. The third kappa shape index (κ3) is 46.0. The molecule has 0 saturated carbocycles. The highest BCUT2D eigenvalue weighted by Crippen LogP contribution is 2.13. The van der Waals surface area contributed by atoms with Gasteiger partial charge in [0.15, 0.2) is 0 Å². The fourth-order valence-electron chi connectivity index (χ4n) is 6.74.